The summed E-state index contributed by atoms with van der Waals surface area (Å²) in [6.45, 7) is 5.75. The molecule has 0 bridgehead atoms. The van der Waals surface area contributed by atoms with Crippen LogP contribution in [0.1, 0.15) is 138 Å². The number of methoxy groups -OCH3 is 1. The van der Waals surface area contributed by atoms with E-state index >= 15 is 14.4 Å². The van der Waals surface area contributed by atoms with Gasteiger partial charge in [0, 0.05) is 35.9 Å². The number of rotatable bonds is 36. The molecule has 0 spiro atoms. The van der Waals surface area contributed by atoms with Gasteiger partial charge < -0.3 is 61.5 Å². The number of esters is 2. The third kappa shape index (κ3) is 19.3. The number of nitrogens with one attached hydrogen (secondary N) is 8. The maximum Gasteiger partial charge on any atom is 0.407 e. The number of ether oxygens (including phenoxy) is 3. The summed E-state index contributed by atoms with van der Waals surface area (Å²) in [4.78, 5) is 145. The number of hydrogen-bond acceptors (Lipinski definition) is 13. The van der Waals surface area contributed by atoms with E-state index in [0.717, 1.165) is 78.8 Å². The molecule has 0 aliphatic heterocycles. The number of unbranched alkanes of at least 4 members (excludes halogenated alkanes) is 6. The number of H-pyrrole nitrogens is 1. The first-order chi connectivity index (χ1) is 47.3. The van der Waals surface area contributed by atoms with Crippen LogP contribution >= 0.6 is 0 Å². The van der Waals surface area contributed by atoms with Gasteiger partial charge in [0.05, 0.1) is 20.0 Å². The number of para-hydroxylation sites is 1. The van der Waals surface area contributed by atoms with Crippen molar-refractivity contribution in [2.45, 2.75) is 153 Å². The molecule has 1 aliphatic rings. The van der Waals surface area contributed by atoms with E-state index in [1.54, 1.807) is 20.0 Å². The van der Waals surface area contributed by atoms with E-state index in [0.29, 0.717) is 35.1 Å². The molecule has 0 radical (unpaired) electrons. The Morgan fingerprint density at radius 3 is 1.64 bits per heavy atom. The Bertz CT molecular complexity index is 3740. The number of amides is 7. The molecule has 0 saturated heterocycles. The molecule has 7 atom stereocenters. The highest BCUT2D eigenvalue weighted by molar-refractivity contribution is 5.99. The van der Waals surface area contributed by atoms with Gasteiger partial charge in [-0.3, -0.25) is 38.4 Å². The zero-order chi connectivity index (χ0) is 70.1. The average molecular weight is 1340 g/mol. The van der Waals surface area contributed by atoms with Gasteiger partial charge in [-0.2, -0.15) is 0 Å². The van der Waals surface area contributed by atoms with Gasteiger partial charge in [-0.1, -0.05) is 223 Å². The molecular weight excluding hydrogens is 1250 g/mol. The maximum atomic E-state index is 15.4. The van der Waals surface area contributed by atoms with Gasteiger partial charge in [-0.05, 0) is 69.8 Å². The van der Waals surface area contributed by atoms with Crippen molar-refractivity contribution in [3.63, 3.8) is 0 Å². The van der Waals surface area contributed by atoms with Gasteiger partial charge in [0.1, 0.15) is 55.0 Å². The fraction of sp³-hybridized carbons (Fsp3) is 0.368. The smallest absolute Gasteiger partial charge is 0.407 e. The lowest BCUT2D eigenvalue weighted by atomic mass is 9.77. The predicted molar refractivity (Wildman–Crippen MR) is 369 cm³/mol. The highest BCUT2D eigenvalue weighted by atomic mass is 16.6. The van der Waals surface area contributed by atoms with Crippen LogP contribution in [0, 0.1) is 5.92 Å². The highest BCUT2D eigenvalue weighted by Crippen LogP contribution is 2.45. The fourth-order valence-corrected chi connectivity index (χ4v) is 12.4. The Morgan fingerprint density at radius 2 is 1.07 bits per heavy atom. The minimum Gasteiger partial charge on any atom is -0.480 e. The molecule has 6 aromatic carbocycles. The fourth-order valence-electron chi connectivity index (χ4n) is 12.4. The number of alkyl carbamates (subject to hydrolysis) is 1. The Balaban J connectivity index is 1.08. The first-order valence-corrected chi connectivity index (χ1v) is 33.5. The van der Waals surface area contributed by atoms with Crippen LogP contribution in [0.25, 0.3) is 22.0 Å². The topological polar surface area (TPSA) is 319 Å². The van der Waals surface area contributed by atoms with Crippen LogP contribution in [0.15, 0.2) is 170 Å². The monoisotopic (exact) mass is 1340 g/mol. The van der Waals surface area contributed by atoms with Gasteiger partial charge in [0.2, 0.25) is 35.4 Å². The Hall–Kier alpha value is -10.6. The number of carbonyl (C=O) groups is 10. The zero-order valence-corrected chi connectivity index (χ0v) is 55.9. The minimum absolute atomic E-state index is 0.0801. The molecule has 8 rings (SSSR count). The molecule has 7 aromatic rings. The van der Waals surface area contributed by atoms with E-state index in [2.05, 4.69) is 49.1 Å². The molecule has 1 aliphatic carbocycles. The van der Waals surface area contributed by atoms with Crippen LogP contribution in [0.5, 0.6) is 0 Å². The third-order valence-corrected chi connectivity index (χ3v) is 17.8. The number of hydrogen-bond donors (Lipinski definition) is 9. The molecule has 1 aromatic heterocycles. The van der Waals surface area contributed by atoms with Crippen molar-refractivity contribution in [1.82, 2.24) is 42.2 Å². The minimum atomic E-state index is -1.99. The van der Waals surface area contributed by atoms with Crippen molar-refractivity contribution in [1.29, 1.82) is 0 Å². The van der Waals surface area contributed by atoms with Crippen LogP contribution in [0.4, 0.5) is 4.79 Å². The largest absolute Gasteiger partial charge is 0.480 e. The van der Waals surface area contributed by atoms with Crippen molar-refractivity contribution in [3.05, 3.63) is 203 Å². The van der Waals surface area contributed by atoms with Crippen molar-refractivity contribution < 1.29 is 67.3 Å². The van der Waals surface area contributed by atoms with Gasteiger partial charge in [-0.25, -0.2) is 9.59 Å². The molecular formula is C76H88N8O14. The second-order valence-corrected chi connectivity index (χ2v) is 24.6. The van der Waals surface area contributed by atoms with E-state index in [1.807, 2.05) is 164 Å². The first kappa shape index (κ1) is 73.2. The predicted octanol–water partition coefficient (Wildman–Crippen LogP) is 8.94. The third-order valence-electron chi connectivity index (χ3n) is 17.8. The molecule has 7 amide bonds. The number of carboxylic acid groups (broad SMARTS) is 1. The number of carbonyl (C=O) groups excluding carboxylic acids is 9. The van der Waals surface area contributed by atoms with Crippen LogP contribution < -0.4 is 37.2 Å². The van der Waals surface area contributed by atoms with E-state index < -0.39 is 127 Å². The number of aromatic nitrogens is 1. The van der Waals surface area contributed by atoms with Gasteiger partial charge >= 0.3 is 24.0 Å². The summed E-state index contributed by atoms with van der Waals surface area (Å²) in [7, 11) is 1.02. The first-order valence-electron chi connectivity index (χ1n) is 33.5. The van der Waals surface area contributed by atoms with Crippen molar-refractivity contribution in [2.75, 3.05) is 20.3 Å². The van der Waals surface area contributed by atoms with Gasteiger partial charge in [-0.15, -0.1) is 0 Å². The number of aromatic amines is 1. The zero-order valence-electron chi connectivity index (χ0n) is 55.9. The molecule has 0 fully saturated rings. The highest BCUT2D eigenvalue weighted by Gasteiger charge is 2.42. The Kier molecular flexibility index (Phi) is 26.8. The standard InChI is InChI=1S/C76H88N8O14/c1-6-8-9-10-11-12-22-41-64(85)79-61(42-50-45-77-60-40-28-27-35-54(50)60)70(90)80-62(43-65(86)84-76(51-29-16-13-17-30-51,52-31-18-14-19-32-52)53-33-20-15-21-34-53)71(91)81-63(44-67(89)96-5)72(92)82-69(73(93)78-46-66(87)88)49(4)98-74(94)68(48(3)7-2)83-75(95)97-47-59-57-38-25-23-36-55(57)56-37-24-26-39-58(56)59/h13-21,23-40,45,48-49,59,61-63,68-69,77H,6-12,22,41-44,46-47H2,1-5H3,(H,78,93)(H,79,85)(H,80,90)(H,81,91)(H,82,92)(H,83,95)(H,84,86)(H,87,88). The van der Waals surface area contributed by atoms with E-state index in [9.17, 15) is 38.7 Å². The number of aliphatic carboxylic acids is 1. The van der Waals surface area contributed by atoms with Crippen LogP contribution in [-0.2, 0) is 69.3 Å². The van der Waals surface area contributed by atoms with E-state index in [-0.39, 0.29) is 25.4 Å². The molecule has 22 heteroatoms. The van der Waals surface area contributed by atoms with Crippen LogP contribution in [0.2, 0.25) is 0 Å². The normalized spacial score (nSPS) is 13.8. The summed E-state index contributed by atoms with van der Waals surface area (Å²) in [5.74, 6) is -10.2. The Morgan fingerprint density at radius 1 is 0.551 bits per heavy atom. The van der Waals surface area contributed by atoms with Crippen LogP contribution in [-0.4, -0.2) is 126 Å². The molecule has 98 heavy (non-hydrogen) atoms. The summed E-state index contributed by atoms with van der Waals surface area (Å²) >= 11 is 0. The second kappa shape index (κ2) is 35.9. The quantitative estimate of drug-likeness (QED) is 0.00766. The van der Waals surface area contributed by atoms with Gasteiger partial charge in [0.25, 0.3) is 0 Å². The lowest BCUT2D eigenvalue weighted by Crippen LogP contribution is -2.61. The lowest BCUT2D eigenvalue weighted by Gasteiger charge is -2.37. The summed E-state index contributed by atoms with van der Waals surface area (Å²) in [5.41, 5.74) is 5.75. The molecule has 0 saturated carbocycles. The lowest BCUT2D eigenvalue weighted by molar-refractivity contribution is -0.156. The maximum absolute atomic E-state index is 15.4. The SMILES string of the molecule is CCCCCCCCCC(=O)NC(Cc1c[nH]c2ccccc12)C(=O)NC(CC(=O)NC(c1ccccc1)(c1ccccc1)c1ccccc1)C(=O)NC(CC(=O)OC)C(=O)NC(C(=O)NCC(=O)O)C(C)OC(=O)C(NC(=O)OCC1c2ccccc2-c2ccccc21)C(C)CC. The second-order valence-electron chi connectivity index (χ2n) is 24.6. The molecule has 9 N–H and O–H groups in total. The van der Waals surface area contributed by atoms with Crippen LogP contribution in [0.3, 0.4) is 0 Å². The molecule has 22 nitrogen and oxygen atoms in total. The summed E-state index contributed by atoms with van der Waals surface area (Å²) in [5, 5.41) is 28.9. The van der Waals surface area contributed by atoms with E-state index in [1.165, 1.54) is 6.92 Å². The number of fused-ring (bicyclic) bond motifs is 4. The van der Waals surface area contributed by atoms with Gasteiger partial charge in [0.15, 0.2) is 0 Å². The van der Waals surface area contributed by atoms with Crippen molar-refractivity contribution in [2.24, 2.45) is 5.92 Å². The summed E-state index contributed by atoms with van der Waals surface area (Å²) < 4.78 is 16.6. The molecule has 1 heterocycles. The Labute approximate surface area is 570 Å². The van der Waals surface area contributed by atoms with Crippen molar-refractivity contribution >= 4 is 70.3 Å². The number of carboxylic acids is 1. The average Bonchev–Trinajstić information content (AvgIpc) is 0.983. The summed E-state index contributed by atoms with van der Waals surface area (Å²) in [6.07, 6.45) is 4.26. The summed E-state index contributed by atoms with van der Waals surface area (Å²) in [6, 6.07) is 41.6. The number of benzene rings is 6. The van der Waals surface area contributed by atoms with E-state index in [4.69, 9.17) is 14.2 Å². The molecule has 7 unspecified atom stereocenters. The molecule has 516 valence electrons. The van der Waals surface area contributed by atoms with Crippen molar-refractivity contribution in [3.8, 4) is 11.1 Å².